The van der Waals surface area contributed by atoms with Crippen molar-refractivity contribution in [3.05, 3.63) is 94.8 Å². The predicted molar refractivity (Wildman–Crippen MR) is 130 cm³/mol. The Kier molecular flexibility index (Phi) is 5.14. The zero-order valence-electron chi connectivity index (χ0n) is 17.4. The number of nitrogens with zero attached hydrogens (tertiary/aromatic N) is 3. The van der Waals surface area contributed by atoms with Gasteiger partial charge in [0.1, 0.15) is 0 Å². The molecule has 5 aromatic rings. The van der Waals surface area contributed by atoms with E-state index in [4.69, 9.17) is 11.4 Å². The molecule has 0 aliphatic rings. The van der Waals surface area contributed by atoms with Crippen LogP contribution in [0, 0.1) is 19.3 Å². The Morgan fingerprint density at radius 1 is 1.06 bits per heavy atom. The monoisotopic (exact) mass is 433 g/mol. The minimum absolute atomic E-state index is 0.309. The average molecular weight is 434 g/mol. The van der Waals surface area contributed by atoms with Crippen LogP contribution in [0.2, 0.25) is 0 Å². The van der Waals surface area contributed by atoms with Crippen molar-refractivity contribution < 1.29 is 4.79 Å². The normalized spacial score (nSPS) is 11.7. The van der Waals surface area contributed by atoms with Crippen molar-refractivity contribution in [2.75, 3.05) is 0 Å². The highest BCUT2D eigenvalue weighted by molar-refractivity contribution is 7.16. The Bertz CT molecular complexity index is 1590. The highest BCUT2D eigenvalue weighted by atomic mass is 32.1. The van der Waals surface area contributed by atoms with E-state index in [0.717, 1.165) is 37.9 Å². The first kappa shape index (κ1) is 19.9. The number of hydrogen-bond donors (Lipinski definition) is 0. The Morgan fingerprint density at radius 3 is 2.66 bits per heavy atom. The van der Waals surface area contributed by atoms with Crippen LogP contribution in [0.1, 0.15) is 15.9 Å². The fourth-order valence-electron chi connectivity index (χ4n) is 3.89. The van der Waals surface area contributed by atoms with Crippen LogP contribution in [-0.2, 0) is 6.54 Å². The maximum atomic E-state index is 13.5. The number of thiazole rings is 1. The fourth-order valence-corrected chi connectivity index (χ4v) is 4.99. The Balaban J connectivity index is 1.73. The molecule has 0 fully saturated rings. The van der Waals surface area contributed by atoms with Gasteiger partial charge in [-0.2, -0.15) is 4.99 Å². The number of aryl methyl sites for hydroxylation is 1. The predicted octanol–water partition coefficient (Wildman–Crippen LogP) is 5.60. The second-order valence-electron chi connectivity index (χ2n) is 7.45. The summed E-state index contributed by atoms with van der Waals surface area (Å²) in [6.07, 6.45) is 5.63. The third-order valence-corrected chi connectivity index (χ3v) is 6.41. The van der Waals surface area contributed by atoms with Crippen LogP contribution in [0.25, 0.3) is 32.4 Å². The highest BCUT2D eigenvalue weighted by Crippen LogP contribution is 2.26. The van der Waals surface area contributed by atoms with Crippen LogP contribution in [-0.4, -0.2) is 15.5 Å². The molecule has 4 nitrogen and oxygen atoms in total. The number of benzene rings is 3. The molecule has 0 N–H and O–H groups in total. The zero-order valence-corrected chi connectivity index (χ0v) is 18.3. The maximum Gasteiger partial charge on any atom is 0.280 e. The van der Waals surface area contributed by atoms with E-state index in [1.54, 1.807) is 0 Å². The SMILES string of the molecule is C#CCn1c(=NC(=O)c2cc(-c3ccccc3)nc3ccccc23)sc2cccc(C)c21. The molecule has 0 spiro atoms. The molecule has 0 aliphatic carbocycles. The standard InChI is InChI=1S/C27H19N3OS/c1-3-16-30-25-18(2)10-9-15-24(25)32-27(30)29-26(31)21-17-23(19-11-5-4-6-12-19)28-22-14-8-7-13-20(21)22/h1,4-15,17H,16H2,2H3. The van der Waals surface area contributed by atoms with Gasteiger partial charge in [-0.05, 0) is 30.7 Å². The quantitative estimate of drug-likeness (QED) is 0.348. The van der Waals surface area contributed by atoms with Crippen molar-refractivity contribution in [3.8, 4) is 23.6 Å². The number of para-hydroxylation sites is 2. The molecule has 154 valence electrons. The first-order valence-electron chi connectivity index (χ1n) is 10.2. The second kappa shape index (κ2) is 8.26. The lowest BCUT2D eigenvalue weighted by molar-refractivity contribution is 0.0999. The fraction of sp³-hybridized carbons (Fsp3) is 0.0741. The lowest BCUT2D eigenvalue weighted by atomic mass is 10.0. The number of carbonyl (C=O) groups excluding carboxylic acids is 1. The summed E-state index contributed by atoms with van der Waals surface area (Å²) < 4.78 is 2.99. The smallest absolute Gasteiger partial charge is 0.280 e. The molecule has 0 saturated heterocycles. The number of aromatic nitrogens is 2. The van der Waals surface area contributed by atoms with Crippen molar-refractivity contribution in [1.82, 2.24) is 9.55 Å². The van der Waals surface area contributed by atoms with E-state index in [1.807, 2.05) is 90.4 Å². The van der Waals surface area contributed by atoms with Crippen LogP contribution in [0.4, 0.5) is 0 Å². The van der Waals surface area contributed by atoms with Gasteiger partial charge in [-0.15, -0.1) is 6.42 Å². The minimum atomic E-state index is -0.309. The van der Waals surface area contributed by atoms with E-state index in [2.05, 4.69) is 10.9 Å². The summed E-state index contributed by atoms with van der Waals surface area (Å²) in [4.78, 5) is 23.4. The number of amides is 1. The molecule has 3 aromatic carbocycles. The van der Waals surface area contributed by atoms with Crippen molar-refractivity contribution in [3.63, 3.8) is 0 Å². The van der Waals surface area contributed by atoms with E-state index >= 15 is 0 Å². The molecule has 1 amide bonds. The Hall–Kier alpha value is -4.01. The summed E-state index contributed by atoms with van der Waals surface area (Å²) >= 11 is 1.47. The maximum absolute atomic E-state index is 13.5. The largest absolute Gasteiger partial charge is 0.304 e. The third-order valence-electron chi connectivity index (χ3n) is 5.37. The van der Waals surface area contributed by atoms with Crippen molar-refractivity contribution in [2.45, 2.75) is 13.5 Å². The number of carbonyl (C=O) groups is 1. The number of rotatable bonds is 3. The third kappa shape index (κ3) is 3.51. The van der Waals surface area contributed by atoms with Gasteiger partial charge in [0.25, 0.3) is 5.91 Å². The molecule has 2 heterocycles. The number of hydrogen-bond acceptors (Lipinski definition) is 3. The van der Waals surface area contributed by atoms with Gasteiger partial charge in [0.05, 0.1) is 33.5 Å². The zero-order chi connectivity index (χ0) is 22.1. The van der Waals surface area contributed by atoms with Crippen LogP contribution >= 0.6 is 11.3 Å². The minimum Gasteiger partial charge on any atom is -0.304 e. The average Bonchev–Trinajstić information content (AvgIpc) is 3.17. The molecular formula is C27H19N3OS. The van der Waals surface area contributed by atoms with Gasteiger partial charge in [-0.3, -0.25) is 4.79 Å². The van der Waals surface area contributed by atoms with Gasteiger partial charge in [-0.1, -0.05) is 77.9 Å². The lowest BCUT2D eigenvalue weighted by Gasteiger charge is -2.08. The summed E-state index contributed by atoms with van der Waals surface area (Å²) in [5.41, 5.74) is 5.10. The van der Waals surface area contributed by atoms with Crippen LogP contribution in [0.5, 0.6) is 0 Å². The summed E-state index contributed by atoms with van der Waals surface area (Å²) in [6, 6.07) is 25.4. The molecule has 0 saturated carbocycles. The topological polar surface area (TPSA) is 47.2 Å². The second-order valence-corrected chi connectivity index (χ2v) is 8.46. The summed E-state index contributed by atoms with van der Waals surface area (Å²) in [5, 5.41) is 0.779. The Morgan fingerprint density at radius 2 is 1.84 bits per heavy atom. The summed E-state index contributed by atoms with van der Waals surface area (Å²) in [7, 11) is 0. The van der Waals surface area contributed by atoms with E-state index in [0.29, 0.717) is 16.9 Å². The molecule has 0 bridgehead atoms. The van der Waals surface area contributed by atoms with E-state index in [1.165, 1.54) is 11.3 Å². The molecule has 5 heteroatoms. The summed E-state index contributed by atoms with van der Waals surface area (Å²) in [5.74, 6) is 2.38. The van der Waals surface area contributed by atoms with Gasteiger partial charge < -0.3 is 4.57 Å². The molecular weight excluding hydrogens is 414 g/mol. The number of fused-ring (bicyclic) bond motifs is 2. The van der Waals surface area contributed by atoms with Crippen molar-refractivity contribution >= 4 is 38.4 Å². The molecule has 0 unspecified atom stereocenters. The highest BCUT2D eigenvalue weighted by Gasteiger charge is 2.15. The van der Waals surface area contributed by atoms with Gasteiger partial charge >= 0.3 is 0 Å². The first-order chi connectivity index (χ1) is 15.7. The number of pyridine rings is 1. The number of terminal acetylenes is 1. The first-order valence-corrected chi connectivity index (χ1v) is 11.0. The van der Waals surface area contributed by atoms with E-state index in [9.17, 15) is 4.79 Å². The molecule has 0 aliphatic heterocycles. The molecule has 0 radical (unpaired) electrons. The van der Waals surface area contributed by atoms with E-state index in [-0.39, 0.29) is 5.91 Å². The van der Waals surface area contributed by atoms with Crippen molar-refractivity contribution in [2.24, 2.45) is 4.99 Å². The van der Waals surface area contributed by atoms with Gasteiger partial charge in [0, 0.05) is 10.9 Å². The summed E-state index contributed by atoms with van der Waals surface area (Å²) in [6.45, 7) is 2.39. The molecule has 32 heavy (non-hydrogen) atoms. The van der Waals surface area contributed by atoms with Crippen LogP contribution in [0.3, 0.4) is 0 Å². The van der Waals surface area contributed by atoms with Gasteiger partial charge in [-0.25, -0.2) is 4.98 Å². The molecule has 5 rings (SSSR count). The molecule has 0 atom stereocenters. The lowest BCUT2D eigenvalue weighted by Crippen LogP contribution is -2.17. The van der Waals surface area contributed by atoms with Gasteiger partial charge in [0.2, 0.25) is 0 Å². The van der Waals surface area contributed by atoms with Crippen LogP contribution in [0.15, 0.2) is 83.9 Å². The Labute approximate surface area is 189 Å². The molecule has 2 aromatic heterocycles. The van der Waals surface area contributed by atoms with E-state index < -0.39 is 0 Å². The van der Waals surface area contributed by atoms with Crippen molar-refractivity contribution in [1.29, 1.82) is 0 Å². The van der Waals surface area contributed by atoms with Crippen LogP contribution < -0.4 is 4.80 Å². The van der Waals surface area contributed by atoms with Gasteiger partial charge in [0.15, 0.2) is 4.80 Å².